The minimum Gasteiger partial charge on any atom is -0.422 e. The van der Waals surface area contributed by atoms with Crippen LogP contribution in [0.5, 0.6) is 0 Å². The number of thiol groups is 1. The number of hydrogen-bond donors (Lipinski definition) is 1. The van der Waals surface area contributed by atoms with Gasteiger partial charge in [0.05, 0.1) is 0 Å². The Bertz CT molecular complexity index is 42.9. The molecule has 1 nitrogen and oxygen atoms in total. The van der Waals surface area contributed by atoms with E-state index in [9.17, 15) is 0 Å². The third kappa shape index (κ3) is 4.24. The maximum Gasteiger partial charge on any atom is 0.173 e. The monoisotopic (exact) mass is 108 g/mol. The average Bonchev–Trinajstić information content (AvgIpc) is 1.38. The highest BCUT2D eigenvalue weighted by Gasteiger charge is 1.71. The highest BCUT2D eigenvalue weighted by Crippen LogP contribution is 1.79. The van der Waals surface area contributed by atoms with Gasteiger partial charge in [0.2, 0.25) is 0 Å². The predicted octanol–water partition coefficient (Wildman–Crippen LogP) is 1.20. The van der Waals surface area contributed by atoms with Crippen molar-refractivity contribution in [3.63, 3.8) is 0 Å². The van der Waals surface area contributed by atoms with Gasteiger partial charge in [0, 0.05) is 19.8 Å². The van der Waals surface area contributed by atoms with Crippen molar-refractivity contribution < 1.29 is 4.18 Å². The van der Waals surface area contributed by atoms with Crippen molar-refractivity contribution in [2.45, 2.75) is 6.92 Å². The van der Waals surface area contributed by atoms with Crippen LogP contribution in [0.4, 0.5) is 0 Å². The van der Waals surface area contributed by atoms with E-state index in [4.69, 9.17) is 0 Å². The summed E-state index contributed by atoms with van der Waals surface area (Å²) in [6, 6.07) is 0. The van der Waals surface area contributed by atoms with Gasteiger partial charge in [-0.15, -0.1) is 0 Å². The normalized spacial score (nSPS) is 6.80. The standard InChI is InChI=1S/C2H4OS2/c1-2(4)3-5/h5H,1H3. The van der Waals surface area contributed by atoms with Gasteiger partial charge in [0.15, 0.2) is 5.05 Å². The van der Waals surface area contributed by atoms with Crippen molar-refractivity contribution >= 4 is 30.2 Å². The molecule has 0 saturated heterocycles. The molecule has 0 aromatic heterocycles. The van der Waals surface area contributed by atoms with E-state index in [1.54, 1.807) is 6.92 Å². The van der Waals surface area contributed by atoms with E-state index in [0.717, 1.165) is 0 Å². The number of thiocarbonyl (C=S) groups is 1. The summed E-state index contributed by atoms with van der Waals surface area (Å²) in [7, 11) is 0. The van der Waals surface area contributed by atoms with Crippen LogP contribution in [0, 0.1) is 0 Å². The van der Waals surface area contributed by atoms with Crippen LogP contribution in [0.2, 0.25) is 0 Å². The molecule has 0 amide bonds. The van der Waals surface area contributed by atoms with Gasteiger partial charge in [-0.1, -0.05) is 0 Å². The Balaban J connectivity index is 2.85. The van der Waals surface area contributed by atoms with Crippen LogP contribution in [-0.2, 0) is 4.18 Å². The Morgan fingerprint density at radius 3 is 2.20 bits per heavy atom. The SMILES string of the molecule is CC(=S)OS. The van der Waals surface area contributed by atoms with Crippen LogP contribution in [0.25, 0.3) is 0 Å². The highest BCUT2D eigenvalue weighted by atomic mass is 32.1. The zero-order chi connectivity index (χ0) is 4.28. The van der Waals surface area contributed by atoms with Crippen LogP contribution in [0.15, 0.2) is 0 Å². The van der Waals surface area contributed by atoms with E-state index in [2.05, 4.69) is 29.3 Å². The van der Waals surface area contributed by atoms with Crippen LogP contribution in [-0.4, -0.2) is 5.05 Å². The van der Waals surface area contributed by atoms with Crippen molar-refractivity contribution in [3.8, 4) is 0 Å². The molecule has 0 unspecified atom stereocenters. The van der Waals surface area contributed by atoms with E-state index >= 15 is 0 Å². The molecule has 0 fully saturated rings. The Morgan fingerprint density at radius 1 is 2.00 bits per heavy atom. The summed E-state index contributed by atoms with van der Waals surface area (Å²) in [6.07, 6.45) is 0. The molecule has 0 N–H and O–H groups in total. The molecule has 0 aliphatic heterocycles. The molecular weight excluding hydrogens is 104 g/mol. The topological polar surface area (TPSA) is 9.23 Å². The van der Waals surface area contributed by atoms with Crippen molar-refractivity contribution in [3.05, 3.63) is 0 Å². The second-order valence-corrected chi connectivity index (χ2v) is 1.34. The minimum atomic E-state index is 0.452. The largest absolute Gasteiger partial charge is 0.422 e. The van der Waals surface area contributed by atoms with E-state index in [1.165, 1.54) is 0 Å². The summed E-state index contributed by atoms with van der Waals surface area (Å²) in [5.74, 6) is 0. The molecule has 30 valence electrons. The lowest BCUT2D eigenvalue weighted by molar-refractivity contribution is 0.672. The lowest BCUT2D eigenvalue weighted by atomic mass is 10.9. The van der Waals surface area contributed by atoms with E-state index in [0.29, 0.717) is 5.05 Å². The van der Waals surface area contributed by atoms with E-state index in [1.807, 2.05) is 0 Å². The summed E-state index contributed by atoms with van der Waals surface area (Å²) in [5, 5.41) is 0.452. The smallest absolute Gasteiger partial charge is 0.173 e. The molecule has 0 aliphatic carbocycles. The molecule has 0 aromatic rings. The molecule has 0 bridgehead atoms. The Kier molecular flexibility index (Phi) is 2.59. The van der Waals surface area contributed by atoms with Crippen LogP contribution in [0.1, 0.15) is 6.92 Å². The molecule has 0 radical (unpaired) electrons. The zero-order valence-corrected chi connectivity index (χ0v) is 4.47. The first-order valence-corrected chi connectivity index (χ1v) is 1.86. The minimum absolute atomic E-state index is 0.452. The van der Waals surface area contributed by atoms with Crippen LogP contribution >= 0.6 is 25.1 Å². The van der Waals surface area contributed by atoms with Gasteiger partial charge in [-0.3, -0.25) is 0 Å². The fraction of sp³-hybridized carbons (Fsp3) is 0.500. The van der Waals surface area contributed by atoms with Gasteiger partial charge < -0.3 is 4.18 Å². The van der Waals surface area contributed by atoms with Gasteiger partial charge in [-0.2, -0.15) is 0 Å². The molecule has 5 heavy (non-hydrogen) atoms. The Labute approximate surface area is 41.9 Å². The highest BCUT2D eigenvalue weighted by molar-refractivity contribution is 7.82. The summed E-state index contributed by atoms with van der Waals surface area (Å²) in [6.45, 7) is 1.66. The zero-order valence-electron chi connectivity index (χ0n) is 2.76. The third-order valence-corrected chi connectivity index (χ3v) is 0.609. The van der Waals surface area contributed by atoms with Crippen molar-refractivity contribution in [1.82, 2.24) is 0 Å². The molecular formula is C2H4OS2. The second-order valence-electron chi connectivity index (χ2n) is 0.583. The van der Waals surface area contributed by atoms with Gasteiger partial charge >= 0.3 is 0 Å². The molecule has 3 heteroatoms. The first-order valence-electron chi connectivity index (χ1n) is 1.09. The predicted molar refractivity (Wildman–Crippen MR) is 28.3 cm³/mol. The molecule has 0 aromatic carbocycles. The van der Waals surface area contributed by atoms with Gasteiger partial charge in [-0.05, 0) is 12.2 Å². The quantitative estimate of drug-likeness (QED) is 0.283. The summed E-state index contributed by atoms with van der Waals surface area (Å²) in [4.78, 5) is 0. The maximum atomic E-state index is 4.40. The summed E-state index contributed by atoms with van der Waals surface area (Å²) >= 11 is 7.77. The Hall–Kier alpha value is 0.240. The van der Waals surface area contributed by atoms with Crippen molar-refractivity contribution in [1.29, 1.82) is 0 Å². The fourth-order valence-corrected chi connectivity index (χ4v) is 0. The first kappa shape index (κ1) is 5.24. The molecule has 0 heterocycles. The number of rotatable bonds is 0. The lowest BCUT2D eigenvalue weighted by Gasteiger charge is -1.82. The van der Waals surface area contributed by atoms with Crippen LogP contribution in [0.3, 0.4) is 0 Å². The van der Waals surface area contributed by atoms with E-state index in [-0.39, 0.29) is 0 Å². The third-order valence-electron chi connectivity index (χ3n) is 0.129. The molecule has 0 rings (SSSR count). The second kappa shape index (κ2) is 2.48. The Morgan fingerprint density at radius 2 is 2.20 bits per heavy atom. The first-order chi connectivity index (χ1) is 2.27. The van der Waals surface area contributed by atoms with E-state index < -0.39 is 0 Å². The molecule has 0 aliphatic rings. The van der Waals surface area contributed by atoms with Gasteiger partial charge in [-0.25, -0.2) is 0 Å². The molecule has 0 spiro atoms. The van der Waals surface area contributed by atoms with Crippen molar-refractivity contribution in [2.75, 3.05) is 0 Å². The van der Waals surface area contributed by atoms with Crippen LogP contribution < -0.4 is 0 Å². The lowest BCUT2D eigenvalue weighted by Crippen LogP contribution is -1.78. The summed E-state index contributed by atoms with van der Waals surface area (Å²) in [5.41, 5.74) is 0. The van der Waals surface area contributed by atoms with Gasteiger partial charge in [0.1, 0.15) is 0 Å². The average molecular weight is 108 g/mol. The molecule has 0 saturated carbocycles. The van der Waals surface area contributed by atoms with Crippen molar-refractivity contribution in [2.24, 2.45) is 0 Å². The maximum absolute atomic E-state index is 4.40. The van der Waals surface area contributed by atoms with Gasteiger partial charge in [0.25, 0.3) is 0 Å². The fourth-order valence-electron chi connectivity index (χ4n) is 0. The number of hydrogen-bond acceptors (Lipinski definition) is 3. The summed E-state index contributed by atoms with van der Waals surface area (Å²) < 4.78 is 4.18. The molecule has 0 atom stereocenters.